The Morgan fingerprint density at radius 2 is 1.54 bits per heavy atom. The summed E-state index contributed by atoms with van der Waals surface area (Å²) in [6.45, 7) is 0. The van der Waals surface area contributed by atoms with Crippen molar-refractivity contribution in [1.29, 1.82) is 0 Å². The average molecular weight is 257 g/mol. The SMILES string of the molecule is Cl.Cl.Cl.N[C@@H](CCC(=O)O)C(=O)O. The third kappa shape index (κ3) is 14.6. The van der Waals surface area contributed by atoms with Crippen LogP contribution in [-0.2, 0) is 9.59 Å². The lowest BCUT2D eigenvalue weighted by Crippen LogP contribution is -2.30. The molecule has 0 spiro atoms. The van der Waals surface area contributed by atoms with Crippen molar-refractivity contribution in [2.75, 3.05) is 0 Å². The van der Waals surface area contributed by atoms with E-state index in [2.05, 4.69) is 0 Å². The molecule has 0 radical (unpaired) electrons. The van der Waals surface area contributed by atoms with Crippen LogP contribution >= 0.6 is 37.2 Å². The maximum absolute atomic E-state index is 9.99. The van der Waals surface area contributed by atoms with E-state index in [9.17, 15) is 9.59 Å². The molecular weight excluding hydrogens is 244 g/mol. The van der Waals surface area contributed by atoms with Gasteiger partial charge < -0.3 is 15.9 Å². The fraction of sp³-hybridized carbons (Fsp3) is 0.600. The Labute approximate surface area is 93.9 Å². The van der Waals surface area contributed by atoms with Crippen LogP contribution in [0.2, 0.25) is 0 Å². The van der Waals surface area contributed by atoms with Crippen molar-refractivity contribution in [1.82, 2.24) is 0 Å². The van der Waals surface area contributed by atoms with Gasteiger partial charge in [-0.1, -0.05) is 0 Å². The van der Waals surface area contributed by atoms with Crippen LogP contribution in [0.4, 0.5) is 0 Å². The molecule has 82 valence electrons. The molecule has 0 aromatic heterocycles. The Morgan fingerprint density at radius 3 is 1.77 bits per heavy atom. The predicted octanol–water partition coefficient (Wildman–Crippen LogP) is 0.529. The van der Waals surface area contributed by atoms with Gasteiger partial charge >= 0.3 is 11.9 Å². The zero-order chi connectivity index (χ0) is 8.15. The minimum atomic E-state index is -1.17. The fourth-order valence-corrected chi connectivity index (χ4v) is 0.402. The normalized spacial score (nSPS) is 9.62. The third-order valence-corrected chi connectivity index (χ3v) is 0.986. The van der Waals surface area contributed by atoms with Gasteiger partial charge in [0.15, 0.2) is 0 Å². The molecule has 0 aromatic rings. The molecule has 0 aliphatic carbocycles. The van der Waals surface area contributed by atoms with Crippen LogP contribution in [0.1, 0.15) is 12.8 Å². The minimum Gasteiger partial charge on any atom is -0.481 e. The van der Waals surface area contributed by atoms with Crippen molar-refractivity contribution in [2.24, 2.45) is 5.73 Å². The Bertz CT molecular complexity index is 155. The summed E-state index contributed by atoms with van der Waals surface area (Å²) in [4.78, 5) is 19.9. The smallest absolute Gasteiger partial charge is 0.320 e. The van der Waals surface area contributed by atoms with E-state index in [1.807, 2.05) is 0 Å². The van der Waals surface area contributed by atoms with E-state index in [0.29, 0.717) is 0 Å². The molecule has 0 heterocycles. The van der Waals surface area contributed by atoms with Gasteiger partial charge in [0.1, 0.15) is 6.04 Å². The number of hydrogen-bond acceptors (Lipinski definition) is 3. The van der Waals surface area contributed by atoms with Gasteiger partial charge in [0, 0.05) is 6.42 Å². The first-order valence-electron chi connectivity index (χ1n) is 2.74. The largest absolute Gasteiger partial charge is 0.481 e. The summed E-state index contributed by atoms with van der Waals surface area (Å²) in [7, 11) is 0. The lowest BCUT2D eigenvalue weighted by Gasteiger charge is -2.01. The van der Waals surface area contributed by atoms with Crippen LogP contribution in [-0.4, -0.2) is 28.2 Å². The van der Waals surface area contributed by atoms with E-state index in [0.717, 1.165) is 0 Å². The molecule has 0 aromatic carbocycles. The quantitative estimate of drug-likeness (QED) is 0.681. The minimum absolute atomic E-state index is 0. The third-order valence-electron chi connectivity index (χ3n) is 0.986. The van der Waals surface area contributed by atoms with Crippen LogP contribution in [0, 0.1) is 0 Å². The summed E-state index contributed by atoms with van der Waals surface area (Å²) in [6.07, 6.45) is -0.224. The molecule has 0 saturated carbocycles. The highest BCUT2D eigenvalue weighted by molar-refractivity contribution is 5.86. The first-order chi connectivity index (χ1) is 4.54. The summed E-state index contributed by atoms with van der Waals surface area (Å²) >= 11 is 0. The Balaban J connectivity index is -0.000000135. The maximum atomic E-state index is 9.99. The number of carboxylic acid groups (broad SMARTS) is 2. The van der Waals surface area contributed by atoms with Gasteiger partial charge in [-0.3, -0.25) is 9.59 Å². The molecule has 0 aliphatic rings. The molecule has 0 saturated heterocycles. The summed E-state index contributed by atoms with van der Waals surface area (Å²) in [5, 5.41) is 16.3. The number of carbonyl (C=O) groups is 2. The number of rotatable bonds is 4. The highest BCUT2D eigenvalue weighted by Gasteiger charge is 2.12. The van der Waals surface area contributed by atoms with Crippen molar-refractivity contribution >= 4 is 49.2 Å². The molecule has 0 aliphatic heterocycles. The second kappa shape index (κ2) is 11.8. The number of hydrogen-bond donors (Lipinski definition) is 3. The van der Waals surface area contributed by atoms with E-state index in [1.54, 1.807) is 0 Å². The molecule has 1 atom stereocenters. The predicted molar refractivity (Wildman–Crippen MR) is 54.2 cm³/mol. The number of nitrogens with two attached hydrogens (primary N) is 1. The van der Waals surface area contributed by atoms with Gasteiger partial charge in [0.05, 0.1) is 0 Å². The standard InChI is InChI=1S/C5H9NO4.3ClH/c6-3(5(9)10)1-2-4(7)8;;;/h3H,1-2,6H2,(H,7,8)(H,9,10);3*1H/t3-;;;/m0.../s1. The second-order valence-corrected chi connectivity index (χ2v) is 1.88. The number of aliphatic carboxylic acids is 2. The van der Waals surface area contributed by atoms with Crippen LogP contribution in [0.25, 0.3) is 0 Å². The van der Waals surface area contributed by atoms with E-state index in [1.165, 1.54) is 0 Å². The van der Waals surface area contributed by atoms with Gasteiger partial charge in [-0.2, -0.15) is 0 Å². The van der Waals surface area contributed by atoms with Crippen molar-refractivity contribution < 1.29 is 19.8 Å². The molecule has 5 nitrogen and oxygen atoms in total. The highest BCUT2D eigenvalue weighted by Crippen LogP contribution is 1.93. The molecule has 0 unspecified atom stereocenters. The summed E-state index contributed by atoms with van der Waals surface area (Å²) in [5.41, 5.74) is 5.00. The van der Waals surface area contributed by atoms with Gasteiger partial charge in [-0.05, 0) is 6.42 Å². The van der Waals surface area contributed by atoms with Crippen LogP contribution in [0.5, 0.6) is 0 Å². The number of halogens is 3. The average Bonchev–Trinajstić information content (AvgIpc) is 1.82. The van der Waals surface area contributed by atoms with Crippen LogP contribution < -0.4 is 5.73 Å². The Morgan fingerprint density at radius 1 is 1.15 bits per heavy atom. The summed E-state index contributed by atoms with van der Waals surface area (Å²) < 4.78 is 0. The molecule has 0 amide bonds. The summed E-state index contributed by atoms with van der Waals surface area (Å²) in [6, 6.07) is -1.06. The zero-order valence-corrected chi connectivity index (χ0v) is 8.95. The first-order valence-corrected chi connectivity index (χ1v) is 2.74. The highest BCUT2D eigenvalue weighted by atomic mass is 35.5. The molecule has 8 heteroatoms. The number of carboxylic acids is 2. The topological polar surface area (TPSA) is 101 Å². The van der Waals surface area contributed by atoms with Gasteiger partial charge in [0.2, 0.25) is 0 Å². The van der Waals surface area contributed by atoms with Crippen LogP contribution in [0.3, 0.4) is 0 Å². The lowest BCUT2D eigenvalue weighted by molar-refractivity contribution is -0.139. The van der Waals surface area contributed by atoms with Crippen molar-refractivity contribution in [3.8, 4) is 0 Å². The fourth-order valence-electron chi connectivity index (χ4n) is 0.402. The van der Waals surface area contributed by atoms with Crippen molar-refractivity contribution in [3.63, 3.8) is 0 Å². The first kappa shape index (κ1) is 23.0. The van der Waals surface area contributed by atoms with Crippen molar-refractivity contribution in [3.05, 3.63) is 0 Å². The Kier molecular flexibility index (Phi) is 20.8. The van der Waals surface area contributed by atoms with Crippen LogP contribution in [0.15, 0.2) is 0 Å². The van der Waals surface area contributed by atoms with Gasteiger partial charge in [-0.15, -0.1) is 37.2 Å². The lowest BCUT2D eigenvalue weighted by atomic mass is 10.2. The van der Waals surface area contributed by atoms with Crippen molar-refractivity contribution in [2.45, 2.75) is 18.9 Å². The zero-order valence-electron chi connectivity index (χ0n) is 6.50. The molecule has 0 bridgehead atoms. The molecule has 13 heavy (non-hydrogen) atoms. The molecule has 0 fully saturated rings. The molecule has 0 rings (SSSR count). The monoisotopic (exact) mass is 255 g/mol. The Hall–Kier alpha value is -0.230. The molecular formula is C5H12Cl3NO4. The van der Waals surface area contributed by atoms with E-state index >= 15 is 0 Å². The van der Waals surface area contributed by atoms with Gasteiger partial charge in [0.25, 0.3) is 0 Å². The van der Waals surface area contributed by atoms with Gasteiger partial charge in [-0.25, -0.2) is 0 Å². The maximum Gasteiger partial charge on any atom is 0.320 e. The van der Waals surface area contributed by atoms with E-state index in [4.69, 9.17) is 15.9 Å². The second-order valence-electron chi connectivity index (χ2n) is 1.88. The van der Waals surface area contributed by atoms with E-state index in [-0.39, 0.29) is 50.1 Å². The molecule has 4 N–H and O–H groups in total. The van der Waals surface area contributed by atoms with E-state index < -0.39 is 18.0 Å². The summed E-state index contributed by atoms with van der Waals surface area (Å²) in [5.74, 6) is -2.20.